The molecule has 0 unspecified atom stereocenters. The number of amides is 1. The summed E-state index contributed by atoms with van der Waals surface area (Å²) in [6, 6.07) is 13.5. The van der Waals surface area contributed by atoms with Gasteiger partial charge >= 0.3 is 0 Å². The maximum absolute atomic E-state index is 12.7. The topological polar surface area (TPSA) is 64.8 Å². The monoisotopic (exact) mass is 394 g/mol. The summed E-state index contributed by atoms with van der Waals surface area (Å²) < 4.78 is 16.6. The van der Waals surface area contributed by atoms with Crippen molar-refractivity contribution < 1.29 is 18.7 Å². The molecule has 29 heavy (non-hydrogen) atoms. The van der Waals surface area contributed by atoms with E-state index in [4.69, 9.17) is 13.9 Å². The van der Waals surface area contributed by atoms with Gasteiger partial charge in [-0.05, 0) is 55.2 Å². The number of benzene rings is 2. The number of ether oxygens (including phenoxy) is 2. The fraction of sp³-hybridized carbons (Fsp3) is 0.391. The number of hydrogen-bond acceptors (Lipinski definition) is 5. The van der Waals surface area contributed by atoms with E-state index in [0.717, 1.165) is 60.0 Å². The molecule has 6 heteroatoms. The Morgan fingerprint density at radius 1 is 1.14 bits per heavy atom. The number of likely N-dealkylation sites (tertiary alicyclic amines) is 1. The molecule has 2 aromatic carbocycles. The van der Waals surface area contributed by atoms with Crippen LogP contribution in [0.15, 0.2) is 46.9 Å². The molecule has 3 aromatic rings. The molecule has 0 atom stereocenters. The summed E-state index contributed by atoms with van der Waals surface area (Å²) in [6.45, 7) is 1.47. The van der Waals surface area contributed by atoms with Gasteiger partial charge in [0.25, 0.3) is 0 Å². The van der Waals surface area contributed by atoms with Gasteiger partial charge in [0.15, 0.2) is 11.5 Å². The molecule has 1 saturated heterocycles. The number of hydrogen-bond donors (Lipinski definition) is 0. The quantitative estimate of drug-likeness (QED) is 0.627. The number of para-hydroxylation sites is 2. The van der Waals surface area contributed by atoms with Gasteiger partial charge in [-0.1, -0.05) is 12.1 Å². The summed E-state index contributed by atoms with van der Waals surface area (Å²) in [4.78, 5) is 19.3. The molecule has 1 aliphatic heterocycles. The van der Waals surface area contributed by atoms with Gasteiger partial charge in [-0.25, -0.2) is 4.98 Å². The van der Waals surface area contributed by atoms with Crippen LogP contribution in [0.2, 0.25) is 0 Å². The molecule has 0 N–H and O–H groups in total. The first-order valence-corrected chi connectivity index (χ1v) is 10.0. The smallest absolute Gasteiger partial charge is 0.222 e. The first-order chi connectivity index (χ1) is 14.2. The third-order valence-corrected chi connectivity index (χ3v) is 5.60. The molecule has 6 nitrogen and oxygen atoms in total. The highest BCUT2D eigenvalue weighted by Crippen LogP contribution is 2.30. The van der Waals surface area contributed by atoms with Crippen LogP contribution in [0.5, 0.6) is 11.5 Å². The maximum atomic E-state index is 12.7. The van der Waals surface area contributed by atoms with E-state index in [-0.39, 0.29) is 11.8 Å². The zero-order valence-electron chi connectivity index (χ0n) is 16.9. The third kappa shape index (κ3) is 4.21. The van der Waals surface area contributed by atoms with Crippen LogP contribution >= 0.6 is 0 Å². The standard InChI is InChI=1S/C23H26N2O4/c1-27-18-8-9-20(28-2)17(15-18)7-10-22(26)25-13-11-16(12-14-25)23-24-19-5-3-4-6-21(19)29-23/h3-6,8-9,15-16H,7,10-14H2,1-2H3. The van der Waals surface area contributed by atoms with Crippen LogP contribution < -0.4 is 9.47 Å². The van der Waals surface area contributed by atoms with Crippen LogP contribution in [0.25, 0.3) is 11.1 Å². The molecule has 1 aliphatic rings. The zero-order valence-corrected chi connectivity index (χ0v) is 16.9. The Morgan fingerprint density at radius 3 is 2.66 bits per heavy atom. The molecule has 1 amide bonds. The number of piperidine rings is 1. The number of aryl methyl sites for hydroxylation is 1. The van der Waals surface area contributed by atoms with Crippen LogP contribution in [0.3, 0.4) is 0 Å². The van der Waals surface area contributed by atoms with Crippen LogP contribution in [0.1, 0.15) is 36.6 Å². The molecule has 2 heterocycles. The Bertz CT molecular complexity index is 956. The molecular weight excluding hydrogens is 368 g/mol. The van der Waals surface area contributed by atoms with E-state index in [1.165, 1.54) is 0 Å². The third-order valence-electron chi connectivity index (χ3n) is 5.60. The lowest BCUT2D eigenvalue weighted by molar-refractivity contribution is -0.132. The highest BCUT2D eigenvalue weighted by Gasteiger charge is 2.27. The van der Waals surface area contributed by atoms with E-state index in [1.807, 2.05) is 47.4 Å². The fourth-order valence-electron chi connectivity index (χ4n) is 3.92. The van der Waals surface area contributed by atoms with Gasteiger partial charge in [-0.3, -0.25) is 4.79 Å². The molecular formula is C23H26N2O4. The van der Waals surface area contributed by atoms with Gasteiger partial charge in [-0.2, -0.15) is 0 Å². The van der Waals surface area contributed by atoms with Crippen molar-refractivity contribution in [1.29, 1.82) is 0 Å². The number of nitrogens with zero attached hydrogens (tertiary/aromatic N) is 2. The van der Waals surface area contributed by atoms with Gasteiger partial charge in [0, 0.05) is 25.4 Å². The first-order valence-electron chi connectivity index (χ1n) is 10.0. The van der Waals surface area contributed by atoms with E-state index in [1.54, 1.807) is 14.2 Å². The molecule has 0 spiro atoms. The minimum absolute atomic E-state index is 0.172. The Kier molecular flexibility index (Phi) is 5.69. The summed E-state index contributed by atoms with van der Waals surface area (Å²) in [5, 5.41) is 0. The average molecular weight is 394 g/mol. The average Bonchev–Trinajstić information content (AvgIpc) is 3.21. The maximum Gasteiger partial charge on any atom is 0.222 e. The second-order valence-corrected chi connectivity index (χ2v) is 7.35. The molecule has 1 fully saturated rings. The summed E-state index contributed by atoms with van der Waals surface area (Å²) in [5.74, 6) is 2.79. The van der Waals surface area contributed by atoms with Crippen molar-refractivity contribution in [2.24, 2.45) is 0 Å². The van der Waals surface area contributed by atoms with E-state index >= 15 is 0 Å². The lowest BCUT2D eigenvalue weighted by Crippen LogP contribution is -2.38. The number of methoxy groups -OCH3 is 2. The molecule has 0 bridgehead atoms. The predicted octanol–water partition coefficient (Wildman–Crippen LogP) is 4.18. The molecule has 0 aliphatic carbocycles. The van der Waals surface area contributed by atoms with E-state index in [0.29, 0.717) is 12.8 Å². The van der Waals surface area contributed by atoms with Crippen molar-refractivity contribution in [1.82, 2.24) is 9.88 Å². The van der Waals surface area contributed by atoms with E-state index in [2.05, 4.69) is 4.98 Å². The van der Waals surface area contributed by atoms with Crippen LogP contribution in [0, 0.1) is 0 Å². The predicted molar refractivity (Wildman–Crippen MR) is 110 cm³/mol. The van der Waals surface area contributed by atoms with Crippen molar-refractivity contribution >= 4 is 17.0 Å². The lowest BCUT2D eigenvalue weighted by atomic mass is 9.96. The summed E-state index contributed by atoms with van der Waals surface area (Å²) >= 11 is 0. The zero-order chi connectivity index (χ0) is 20.2. The number of carbonyl (C=O) groups excluding carboxylic acids is 1. The van der Waals surface area contributed by atoms with Crippen molar-refractivity contribution in [3.05, 3.63) is 53.9 Å². The van der Waals surface area contributed by atoms with E-state index < -0.39 is 0 Å². The number of fused-ring (bicyclic) bond motifs is 1. The number of oxazole rings is 1. The van der Waals surface area contributed by atoms with E-state index in [9.17, 15) is 4.79 Å². The van der Waals surface area contributed by atoms with Gasteiger partial charge in [0.2, 0.25) is 5.91 Å². The van der Waals surface area contributed by atoms with Gasteiger partial charge in [0.1, 0.15) is 17.0 Å². The lowest BCUT2D eigenvalue weighted by Gasteiger charge is -2.30. The number of carbonyl (C=O) groups is 1. The van der Waals surface area contributed by atoms with Crippen molar-refractivity contribution in [2.45, 2.75) is 31.6 Å². The SMILES string of the molecule is COc1ccc(OC)c(CCC(=O)N2CCC(c3nc4ccccc4o3)CC2)c1. The molecule has 0 saturated carbocycles. The molecule has 152 valence electrons. The van der Waals surface area contributed by atoms with Gasteiger partial charge in [0.05, 0.1) is 14.2 Å². The van der Waals surface area contributed by atoms with Crippen molar-refractivity contribution in [2.75, 3.05) is 27.3 Å². The summed E-state index contributed by atoms with van der Waals surface area (Å²) in [5.41, 5.74) is 2.71. The fourth-order valence-corrected chi connectivity index (χ4v) is 3.92. The van der Waals surface area contributed by atoms with Gasteiger partial charge < -0.3 is 18.8 Å². The largest absolute Gasteiger partial charge is 0.497 e. The van der Waals surface area contributed by atoms with Crippen LogP contribution in [0.4, 0.5) is 0 Å². The Hall–Kier alpha value is -3.02. The molecule has 4 rings (SSSR count). The van der Waals surface area contributed by atoms with Crippen LogP contribution in [-0.2, 0) is 11.2 Å². The number of rotatable bonds is 6. The van der Waals surface area contributed by atoms with Crippen molar-refractivity contribution in [3.63, 3.8) is 0 Å². The second kappa shape index (κ2) is 8.55. The minimum atomic E-state index is 0.172. The minimum Gasteiger partial charge on any atom is -0.497 e. The first kappa shape index (κ1) is 19.3. The Labute approximate surface area is 170 Å². The summed E-state index contributed by atoms with van der Waals surface area (Å²) in [7, 11) is 3.28. The molecule has 0 radical (unpaired) electrons. The highest BCUT2D eigenvalue weighted by molar-refractivity contribution is 5.76. The normalized spacial score (nSPS) is 14.9. The van der Waals surface area contributed by atoms with Gasteiger partial charge in [-0.15, -0.1) is 0 Å². The van der Waals surface area contributed by atoms with Crippen LogP contribution in [-0.4, -0.2) is 43.1 Å². The Morgan fingerprint density at radius 2 is 1.93 bits per heavy atom. The number of aromatic nitrogens is 1. The second-order valence-electron chi connectivity index (χ2n) is 7.35. The highest BCUT2D eigenvalue weighted by atomic mass is 16.5. The Balaban J connectivity index is 1.33. The molecule has 1 aromatic heterocycles. The van der Waals surface area contributed by atoms with Crippen molar-refractivity contribution in [3.8, 4) is 11.5 Å². The summed E-state index contributed by atoms with van der Waals surface area (Å²) in [6.07, 6.45) is 2.84.